The van der Waals surface area contributed by atoms with Gasteiger partial charge in [-0.3, -0.25) is 0 Å². The van der Waals surface area contributed by atoms with Gasteiger partial charge in [0.25, 0.3) is 0 Å². The normalized spacial score (nSPS) is 21.0. The summed E-state index contributed by atoms with van der Waals surface area (Å²) >= 11 is 0. The smallest absolute Gasteiger partial charge is 0.188 e. The van der Waals surface area contributed by atoms with Crippen LogP contribution in [0.25, 0.3) is 0 Å². The first-order valence-electron chi connectivity index (χ1n) is 5.36. The predicted molar refractivity (Wildman–Crippen MR) is 54.0 cm³/mol. The van der Waals surface area contributed by atoms with Crippen LogP contribution in [0.4, 0.5) is 0 Å². The molecule has 1 atom stereocenters. The van der Waals surface area contributed by atoms with Gasteiger partial charge in [0.15, 0.2) is 5.82 Å². The molecule has 0 amide bonds. The van der Waals surface area contributed by atoms with Crippen LogP contribution >= 0.6 is 0 Å². The van der Waals surface area contributed by atoms with Gasteiger partial charge >= 0.3 is 0 Å². The summed E-state index contributed by atoms with van der Waals surface area (Å²) in [6.07, 6.45) is 2.37. The van der Waals surface area contributed by atoms with Gasteiger partial charge in [-0.15, -0.1) is 10.2 Å². The number of aryl methyl sites for hydroxylation is 1. The zero-order chi connectivity index (χ0) is 10.5. The van der Waals surface area contributed by atoms with Gasteiger partial charge in [0.1, 0.15) is 0 Å². The minimum atomic E-state index is 0.696. The number of aromatic nitrogens is 4. The molecule has 1 N–H and O–H groups in total. The summed E-state index contributed by atoms with van der Waals surface area (Å²) in [5.41, 5.74) is 0. The molecule has 0 radical (unpaired) electrons. The van der Waals surface area contributed by atoms with Gasteiger partial charge in [0.2, 0.25) is 0 Å². The molecule has 15 heavy (non-hydrogen) atoms. The van der Waals surface area contributed by atoms with Crippen LogP contribution in [0.1, 0.15) is 18.7 Å². The molecule has 1 saturated heterocycles. The molecule has 6 nitrogen and oxygen atoms in total. The van der Waals surface area contributed by atoms with E-state index in [0.717, 1.165) is 31.5 Å². The first-order chi connectivity index (χ1) is 7.34. The maximum atomic E-state index is 5.31. The van der Waals surface area contributed by atoms with Crippen molar-refractivity contribution < 1.29 is 4.74 Å². The summed E-state index contributed by atoms with van der Waals surface area (Å²) in [5.74, 6) is 1.48. The molecule has 1 aliphatic heterocycles. The lowest BCUT2D eigenvalue weighted by Gasteiger charge is -2.06. The van der Waals surface area contributed by atoms with Gasteiger partial charge in [-0.25, -0.2) is 0 Å². The third-order valence-corrected chi connectivity index (χ3v) is 2.59. The van der Waals surface area contributed by atoms with Crippen molar-refractivity contribution in [2.45, 2.75) is 19.4 Å². The quantitative estimate of drug-likeness (QED) is 0.679. The van der Waals surface area contributed by atoms with Crippen LogP contribution < -0.4 is 5.32 Å². The third kappa shape index (κ3) is 3.24. The number of nitrogens with zero attached hydrogens (tertiary/aromatic N) is 4. The topological polar surface area (TPSA) is 64.9 Å². The molecule has 0 saturated carbocycles. The highest BCUT2D eigenvalue weighted by Crippen LogP contribution is 2.15. The Labute approximate surface area is 89.0 Å². The molecular formula is C9H17N5O. The van der Waals surface area contributed by atoms with Crippen molar-refractivity contribution in [3.05, 3.63) is 5.82 Å². The van der Waals surface area contributed by atoms with E-state index in [4.69, 9.17) is 4.74 Å². The Kier molecular flexibility index (Phi) is 3.63. The molecular weight excluding hydrogens is 194 g/mol. The number of rotatable bonds is 5. The summed E-state index contributed by atoms with van der Waals surface area (Å²) in [6, 6.07) is 0. The first-order valence-corrected chi connectivity index (χ1v) is 5.36. The molecule has 2 heterocycles. The van der Waals surface area contributed by atoms with E-state index in [2.05, 4.69) is 20.7 Å². The number of nitrogens with one attached hydrogen (secondary N) is 1. The van der Waals surface area contributed by atoms with E-state index in [1.807, 2.05) is 0 Å². The van der Waals surface area contributed by atoms with E-state index in [0.29, 0.717) is 6.54 Å². The molecule has 0 aliphatic carbocycles. The van der Waals surface area contributed by atoms with Crippen molar-refractivity contribution in [1.29, 1.82) is 0 Å². The van der Waals surface area contributed by atoms with Gasteiger partial charge in [-0.05, 0) is 30.5 Å². The third-order valence-electron chi connectivity index (χ3n) is 2.59. The Morgan fingerprint density at radius 3 is 3.20 bits per heavy atom. The largest absolute Gasteiger partial charge is 0.381 e. The highest BCUT2D eigenvalue weighted by atomic mass is 16.5. The summed E-state index contributed by atoms with van der Waals surface area (Å²) in [6.45, 7) is 3.54. The molecule has 2 rings (SSSR count). The number of tetrazole rings is 1. The molecule has 1 unspecified atom stereocenters. The van der Waals surface area contributed by atoms with Crippen molar-refractivity contribution in [1.82, 2.24) is 25.5 Å². The van der Waals surface area contributed by atoms with Crippen molar-refractivity contribution in [2.24, 2.45) is 13.0 Å². The Balaban J connectivity index is 1.58. The minimum Gasteiger partial charge on any atom is -0.381 e. The van der Waals surface area contributed by atoms with E-state index in [9.17, 15) is 0 Å². The second-order valence-corrected chi connectivity index (χ2v) is 3.89. The predicted octanol–water partition coefficient (Wildman–Crippen LogP) is -0.274. The van der Waals surface area contributed by atoms with Crippen molar-refractivity contribution in [3.8, 4) is 0 Å². The van der Waals surface area contributed by atoms with Crippen LogP contribution in [-0.4, -0.2) is 40.0 Å². The van der Waals surface area contributed by atoms with Gasteiger partial charge in [0.05, 0.1) is 13.6 Å². The molecule has 1 aromatic heterocycles. The molecule has 1 aromatic rings. The summed E-state index contributed by atoms with van der Waals surface area (Å²) in [5, 5.41) is 15.1. The lowest BCUT2D eigenvalue weighted by molar-refractivity contribution is 0.184. The Morgan fingerprint density at radius 1 is 1.60 bits per heavy atom. The van der Waals surface area contributed by atoms with Gasteiger partial charge < -0.3 is 10.1 Å². The molecule has 1 fully saturated rings. The van der Waals surface area contributed by atoms with E-state index in [-0.39, 0.29) is 0 Å². The summed E-state index contributed by atoms with van der Waals surface area (Å²) in [7, 11) is 1.77. The minimum absolute atomic E-state index is 0.696. The van der Waals surface area contributed by atoms with Crippen molar-refractivity contribution in [3.63, 3.8) is 0 Å². The van der Waals surface area contributed by atoms with Crippen LogP contribution in [0.5, 0.6) is 0 Å². The number of hydrogen-bond acceptors (Lipinski definition) is 5. The highest BCUT2D eigenvalue weighted by molar-refractivity contribution is 4.75. The van der Waals surface area contributed by atoms with Crippen molar-refractivity contribution in [2.75, 3.05) is 19.8 Å². The first kappa shape index (κ1) is 10.5. The molecule has 0 spiro atoms. The second kappa shape index (κ2) is 5.18. The molecule has 6 heteroatoms. The van der Waals surface area contributed by atoms with Crippen molar-refractivity contribution >= 4 is 0 Å². The average Bonchev–Trinajstić information content (AvgIpc) is 2.84. The standard InChI is InChI=1S/C9H17N5O/c1-14-12-9(11-13-14)6-10-4-2-8-3-5-15-7-8/h8,10H,2-7H2,1H3. The summed E-state index contributed by atoms with van der Waals surface area (Å²) in [4.78, 5) is 1.47. The second-order valence-electron chi connectivity index (χ2n) is 3.89. The maximum absolute atomic E-state index is 5.31. The van der Waals surface area contributed by atoms with Gasteiger partial charge in [-0.2, -0.15) is 4.80 Å². The molecule has 84 valence electrons. The van der Waals surface area contributed by atoms with Crippen LogP contribution in [0, 0.1) is 5.92 Å². The van der Waals surface area contributed by atoms with Crippen LogP contribution in [0.2, 0.25) is 0 Å². The van der Waals surface area contributed by atoms with E-state index in [1.54, 1.807) is 7.05 Å². The zero-order valence-corrected chi connectivity index (χ0v) is 9.02. The van der Waals surface area contributed by atoms with E-state index >= 15 is 0 Å². The molecule has 1 aliphatic rings. The Morgan fingerprint density at radius 2 is 2.53 bits per heavy atom. The van der Waals surface area contributed by atoms with E-state index in [1.165, 1.54) is 17.6 Å². The lowest BCUT2D eigenvalue weighted by atomic mass is 10.1. The fraction of sp³-hybridized carbons (Fsp3) is 0.889. The van der Waals surface area contributed by atoms with Gasteiger partial charge in [-0.1, -0.05) is 0 Å². The number of ether oxygens (including phenoxy) is 1. The fourth-order valence-corrected chi connectivity index (χ4v) is 1.71. The zero-order valence-electron chi connectivity index (χ0n) is 9.02. The van der Waals surface area contributed by atoms with E-state index < -0.39 is 0 Å². The maximum Gasteiger partial charge on any atom is 0.188 e. The molecule has 0 bridgehead atoms. The van der Waals surface area contributed by atoms with Crippen LogP contribution in [0.3, 0.4) is 0 Å². The van der Waals surface area contributed by atoms with Gasteiger partial charge in [0, 0.05) is 13.2 Å². The Bertz CT molecular complexity index is 294. The fourth-order valence-electron chi connectivity index (χ4n) is 1.71. The highest BCUT2D eigenvalue weighted by Gasteiger charge is 2.14. The Hall–Kier alpha value is -1.01. The molecule has 0 aromatic carbocycles. The monoisotopic (exact) mass is 211 g/mol. The SMILES string of the molecule is Cn1nnc(CNCCC2CCOC2)n1. The number of hydrogen-bond donors (Lipinski definition) is 1. The average molecular weight is 211 g/mol. The summed E-state index contributed by atoms with van der Waals surface area (Å²) < 4.78 is 5.31. The van der Waals surface area contributed by atoms with Crippen LogP contribution in [0.15, 0.2) is 0 Å². The van der Waals surface area contributed by atoms with Crippen LogP contribution in [-0.2, 0) is 18.3 Å². The lowest BCUT2D eigenvalue weighted by Crippen LogP contribution is -2.18.